The topological polar surface area (TPSA) is 83.7 Å². The van der Waals surface area contributed by atoms with Crippen LogP contribution in [0.2, 0.25) is 0 Å². The SMILES string of the molecule is CCCOc1ccc(-c2nc(-c3ccc(OC)cc3)cc(C(=O)OC)c2N)cc1. The Hall–Kier alpha value is -3.54. The van der Waals surface area contributed by atoms with Crippen molar-refractivity contribution in [1.29, 1.82) is 0 Å². The normalized spacial score (nSPS) is 10.4. The molecule has 0 aliphatic carbocycles. The molecule has 0 atom stereocenters. The van der Waals surface area contributed by atoms with E-state index in [-0.39, 0.29) is 11.3 Å². The van der Waals surface area contributed by atoms with Gasteiger partial charge in [0.05, 0.1) is 43.5 Å². The van der Waals surface area contributed by atoms with Gasteiger partial charge in [0.2, 0.25) is 0 Å². The predicted molar refractivity (Wildman–Crippen MR) is 113 cm³/mol. The largest absolute Gasteiger partial charge is 0.497 e. The van der Waals surface area contributed by atoms with Crippen molar-refractivity contribution in [2.24, 2.45) is 0 Å². The van der Waals surface area contributed by atoms with Crippen molar-refractivity contribution in [2.75, 3.05) is 26.6 Å². The maximum absolute atomic E-state index is 12.3. The average Bonchev–Trinajstić information content (AvgIpc) is 2.78. The summed E-state index contributed by atoms with van der Waals surface area (Å²) in [6, 6.07) is 16.6. The van der Waals surface area contributed by atoms with Crippen molar-refractivity contribution in [3.63, 3.8) is 0 Å². The minimum atomic E-state index is -0.510. The Bertz CT molecular complexity index is 983. The first-order valence-corrected chi connectivity index (χ1v) is 9.33. The molecule has 0 amide bonds. The number of aromatic nitrogens is 1. The molecule has 6 nitrogen and oxygen atoms in total. The van der Waals surface area contributed by atoms with E-state index in [0.717, 1.165) is 29.0 Å². The average molecular weight is 392 g/mol. The van der Waals surface area contributed by atoms with Crippen molar-refractivity contribution in [2.45, 2.75) is 13.3 Å². The fourth-order valence-corrected chi connectivity index (χ4v) is 2.89. The Kier molecular flexibility index (Phi) is 6.34. The van der Waals surface area contributed by atoms with Crippen LogP contribution in [0.3, 0.4) is 0 Å². The molecule has 0 aliphatic rings. The number of nitrogens with zero attached hydrogens (tertiary/aromatic N) is 1. The van der Waals surface area contributed by atoms with Gasteiger partial charge in [-0.05, 0) is 61.0 Å². The summed E-state index contributed by atoms with van der Waals surface area (Å²) < 4.78 is 15.8. The van der Waals surface area contributed by atoms with Crippen LogP contribution in [-0.2, 0) is 4.74 Å². The van der Waals surface area contributed by atoms with E-state index in [9.17, 15) is 4.79 Å². The Morgan fingerprint density at radius 1 is 0.966 bits per heavy atom. The number of hydrogen-bond donors (Lipinski definition) is 1. The molecule has 0 unspecified atom stereocenters. The molecule has 1 heterocycles. The molecule has 0 bridgehead atoms. The summed E-state index contributed by atoms with van der Waals surface area (Å²) in [5, 5.41) is 0. The van der Waals surface area contributed by atoms with Gasteiger partial charge in [-0.2, -0.15) is 0 Å². The van der Waals surface area contributed by atoms with Gasteiger partial charge in [-0.3, -0.25) is 0 Å². The van der Waals surface area contributed by atoms with E-state index >= 15 is 0 Å². The summed E-state index contributed by atoms with van der Waals surface area (Å²) in [5.41, 5.74) is 9.58. The van der Waals surface area contributed by atoms with Crippen molar-refractivity contribution in [1.82, 2.24) is 4.98 Å². The number of ether oxygens (including phenoxy) is 3. The minimum absolute atomic E-state index is 0.273. The third-order valence-electron chi connectivity index (χ3n) is 4.45. The number of pyridine rings is 1. The zero-order chi connectivity index (χ0) is 20.8. The van der Waals surface area contributed by atoms with Crippen LogP contribution >= 0.6 is 0 Å². The number of esters is 1. The van der Waals surface area contributed by atoms with Crippen molar-refractivity contribution >= 4 is 11.7 Å². The highest BCUT2D eigenvalue weighted by molar-refractivity contribution is 5.99. The van der Waals surface area contributed by atoms with Gasteiger partial charge < -0.3 is 19.9 Å². The lowest BCUT2D eigenvalue weighted by atomic mass is 10.0. The van der Waals surface area contributed by atoms with E-state index in [1.165, 1.54) is 7.11 Å². The van der Waals surface area contributed by atoms with Crippen LogP contribution in [0.25, 0.3) is 22.5 Å². The van der Waals surface area contributed by atoms with Crippen LogP contribution < -0.4 is 15.2 Å². The van der Waals surface area contributed by atoms with Crippen LogP contribution in [0, 0.1) is 0 Å². The number of rotatable bonds is 7. The van der Waals surface area contributed by atoms with Gasteiger partial charge in [-0.1, -0.05) is 6.92 Å². The predicted octanol–water partition coefficient (Wildman–Crippen LogP) is 4.58. The molecule has 0 radical (unpaired) electrons. The highest BCUT2D eigenvalue weighted by atomic mass is 16.5. The van der Waals surface area contributed by atoms with E-state index < -0.39 is 5.97 Å². The summed E-state index contributed by atoms with van der Waals surface area (Å²) in [7, 11) is 2.94. The van der Waals surface area contributed by atoms with Gasteiger partial charge in [0.1, 0.15) is 11.5 Å². The molecule has 150 valence electrons. The van der Waals surface area contributed by atoms with Crippen LogP contribution in [0.1, 0.15) is 23.7 Å². The Labute approximate surface area is 170 Å². The Morgan fingerprint density at radius 3 is 2.17 bits per heavy atom. The zero-order valence-corrected chi connectivity index (χ0v) is 16.8. The van der Waals surface area contributed by atoms with Crippen LogP contribution in [0.5, 0.6) is 11.5 Å². The lowest BCUT2D eigenvalue weighted by Gasteiger charge is -2.13. The molecule has 3 rings (SSSR count). The molecule has 0 saturated heterocycles. The summed E-state index contributed by atoms with van der Waals surface area (Å²) >= 11 is 0. The maximum Gasteiger partial charge on any atom is 0.340 e. The first-order valence-electron chi connectivity index (χ1n) is 9.33. The Balaban J connectivity index is 2.08. The molecule has 0 saturated carbocycles. The third kappa shape index (κ3) is 4.48. The summed E-state index contributed by atoms with van der Waals surface area (Å²) in [5.74, 6) is 0.998. The number of carbonyl (C=O) groups is 1. The monoisotopic (exact) mass is 392 g/mol. The van der Waals surface area contributed by atoms with Gasteiger partial charge in [0, 0.05) is 11.1 Å². The fourth-order valence-electron chi connectivity index (χ4n) is 2.89. The first kappa shape index (κ1) is 20.2. The van der Waals surface area contributed by atoms with Crippen molar-refractivity contribution in [3.05, 3.63) is 60.2 Å². The second kappa shape index (κ2) is 9.10. The van der Waals surface area contributed by atoms with Crippen molar-refractivity contribution in [3.8, 4) is 34.0 Å². The number of hydrogen-bond acceptors (Lipinski definition) is 6. The van der Waals surface area contributed by atoms with E-state index in [1.54, 1.807) is 13.2 Å². The molecular weight excluding hydrogens is 368 g/mol. The van der Waals surface area contributed by atoms with E-state index in [4.69, 9.17) is 24.9 Å². The van der Waals surface area contributed by atoms with Gasteiger partial charge in [-0.15, -0.1) is 0 Å². The number of anilines is 1. The van der Waals surface area contributed by atoms with Gasteiger partial charge in [-0.25, -0.2) is 9.78 Å². The van der Waals surface area contributed by atoms with Gasteiger partial charge in [0.15, 0.2) is 0 Å². The standard InChI is InChI=1S/C23H24N2O4/c1-4-13-29-18-11-7-16(8-12-18)22-21(24)19(23(26)28-3)14-20(25-22)15-5-9-17(27-2)10-6-15/h5-12,14H,4,13,24H2,1-3H3. The number of nitrogen functional groups attached to an aromatic ring is 1. The number of carbonyl (C=O) groups excluding carboxylic acids is 1. The second-order valence-corrected chi connectivity index (χ2v) is 6.41. The number of nitrogens with two attached hydrogens (primary N) is 1. The smallest absolute Gasteiger partial charge is 0.340 e. The van der Waals surface area contributed by atoms with Crippen LogP contribution in [0.4, 0.5) is 5.69 Å². The molecule has 6 heteroatoms. The van der Waals surface area contributed by atoms with E-state index in [1.807, 2.05) is 48.5 Å². The van der Waals surface area contributed by atoms with Crippen LogP contribution in [0.15, 0.2) is 54.6 Å². The van der Waals surface area contributed by atoms with Crippen LogP contribution in [-0.4, -0.2) is 31.8 Å². The minimum Gasteiger partial charge on any atom is -0.497 e. The lowest BCUT2D eigenvalue weighted by molar-refractivity contribution is 0.0602. The number of methoxy groups -OCH3 is 2. The molecule has 2 N–H and O–H groups in total. The molecule has 29 heavy (non-hydrogen) atoms. The van der Waals surface area contributed by atoms with Crippen molar-refractivity contribution < 1.29 is 19.0 Å². The van der Waals surface area contributed by atoms with E-state index in [2.05, 4.69) is 6.92 Å². The van der Waals surface area contributed by atoms with Gasteiger partial charge >= 0.3 is 5.97 Å². The quantitative estimate of drug-likeness (QED) is 0.593. The summed E-state index contributed by atoms with van der Waals surface area (Å²) in [4.78, 5) is 17.0. The molecule has 0 fully saturated rings. The number of benzene rings is 2. The Morgan fingerprint density at radius 2 is 1.59 bits per heavy atom. The fraction of sp³-hybridized carbons (Fsp3) is 0.217. The maximum atomic E-state index is 12.3. The molecule has 1 aromatic heterocycles. The molecular formula is C23H24N2O4. The summed E-state index contributed by atoms with van der Waals surface area (Å²) in [6.45, 7) is 2.71. The van der Waals surface area contributed by atoms with E-state index in [0.29, 0.717) is 18.0 Å². The first-order chi connectivity index (χ1) is 14.1. The third-order valence-corrected chi connectivity index (χ3v) is 4.45. The second-order valence-electron chi connectivity index (χ2n) is 6.41. The highest BCUT2D eigenvalue weighted by Crippen LogP contribution is 2.33. The molecule has 2 aromatic carbocycles. The van der Waals surface area contributed by atoms with Gasteiger partial charge in [0.25, 0.3) is 0 Å². The summed E-state index contributed by atoms with van der Waals surface area (Å²) in [6.07, 6.45) is 0.933. The zero-order valence-electron chi connectivity index (χ0n) is 16.8. The lowest BCUT2D eigenvalue weighted by Crippen LogP contribution is -2.09. The molecule has 3 aromatic rings. The highest BCUT2D eigenvalue weighted by Gasteiger charge is 2.18. The molecule has 0 aliphatic heterocycles. The molecule has 0 spiro atoms.